The first-order valence-corrected chi connectivity index (χ1v) is 7.37. The molecule has 20 heavy (non-hydrogen) atoms. The minimum Gasteiger partial charge on any atom is -0.459 e. The number of thioether (sulfide) groups is 1. The number of amides is 1. The monoisotopic (exact) mass is 296 g/mol. The number of benzene rings is 1. The highest BCUT2D eigenvalue weighted by Crippen LogP contribution is 2.13. The molecule has 0 unspecified atom stereocenters. The van der Waals surface area contributed by atoms with Crippen LogP contribution in [0, 0.1) is 0 Å². The third kappa shape index (κ3) is 7.04. The molecule has 0 aliphatic heterocycles. The Kier molecular flexibility index (Phi) is 5.88. The van der Waals surface area contributed by atoms with E-state index in [9.17, 15) is 9.59 Å². The van der Waals surface area contributed by atoms with Crippen molar-refractivity contribution in [3.63, 3.8) is 0 Å². The SMILES string of the molecule is CC(C)(C)OC(=O)CSCC(=O)Nc1cccc(N)c1. The topological polar surface area (TPSA) is 81.4 Å². The van der Waals surface area contributed by atoms with E-state index in [-0.39, 0.29) is 23.4 Å². The van der Waals surface area contributed by atoms with E-state index >= 15 is 0 Å². The van der Waals surface area contributed by atoms with Crippen molar-refractivity contribution in [2.75, 3.05) is 22.6 Å². The normalized spacial score (nSPS) is 10.9. The van der Waals surface area contributed by atoms with Crippen molar-refractivity contribution in [2.45, 2.75) is 26.4 Å². The Morgan fingerprint density at radius 1 is 1.30 bits per heavy atom. The average Bonchev–Trinajstić information content (AvgIpc) is 2.26. The van der Waals surface area contributed by atoms with Crippen LogP contribution in [0.1, 0.15) is 20.8 Å². The summed E-state index contributed by atoms with van der Waals surface area (Å²) in [7, 11) is 0. The van der Waals surface area contributed by atoms with E-state index in [1.807, 2.05) is 20.8 Å². The Balaban J connectivity index is 2.29. The second-order valence-corrected chi connectivity index (χ2v) is 6.24. The fourth-order valence-corrected chi connectivity index (χ4v) is 2.00. The minimum absolute atomic E-state index is 0.154. The van der Waals surface area contributed by atoms with Crippen LogP contribution in [0.15, 0.2) is 24.3 Å². The van der Waals surface area contributed by atoms with E-state index in [0.717, 1.165) is 0 Å². The molecule has 5 nitrogen and oxygen atoms in total. The molecule has 110 valence electrons. The number of ether oxygens (including phenoxy) is 1. The number of nitrogen functional groups attached to an aromatic ring is 1. The lowest BCUT2D eigenvalue weighted by molar-refractivity contribution is -0.151. The molecule has 0 bridgehead atoms. The molecule has 0 heterocycles. The summed E-state index contributed by atoms with van der Waals surface area (Å²) in [6.45, 7) is 5.42. The van der Waals surface area contributed by atoms with Gasteiger partial charge >= 0.3 is 5.97 Å². The zero-order valence-electron chi connectivity index (χ0n) is 11.9. The number of hydrogen-bond acceptors (Lipinski definition) is 5. The van der Waals surface area contributed by atoms with Gasteiger partial charge in [0, 0.05) is 11.4 Å². The van der Waals surface area contributed by atoms with E-state index in [1.165, 1.54) is 11.8 Å². The lowest BCUT2D eigenvalue weighted by Crippen LogP contribution is -2.25. The van der Waals surface area contributed by atoms with Gasteiger partial charge in [0.25, 0.3) is 0 Å². The van der Waals surface area contributed by atoms with Crippen LogP contribution in [0.25, 0.3) is 0 Å². The minimum atomic E-state index is -0.499. The molecular weight excluding hydrogens is 276 g/mol. The maximum Gasteiger partial charge on any atom is 0.316 e. The van der Waals surface area contributed by atoms with E-state index < -0.39 is 5.60 Å². The van der Waals surface area contributed by atoms with Gasteiger partial charge in [0.1, 0.15) is 5.60 Å². The number of carbonyl (C=O) groups is 2. The third-order valence-electron chi connectivity index (χ3n) is 2.04. The summed E-state index contributed by atoms with van der Waals surface area (Å²) >= 11 is 1.22. The molecule has 1 amide bonds. The molecule has 0 atom stereocenters. The fraction of sp³-hybridized carbons (Fsp3) is 0.429. The molecule has 0 aliphatic rings. The van der Waals surface area contributed by atoms with Crippen LogP contribution in [-0.4, -0.2) is 29.0 Å². The van der Waals surface area contributed by atoms with Crippen molar-refractivity contribution < 1.29 is 14.3 Å². The molecule has 1 rings (SSSR count). The first kappa shape index (κ1) is 16.4. The van der Waals surface area contributed by atoms with Crippen LogP contribution in [0.5, 0.6) is 0 Å². The van der Waals surface area contributed by atoms with Crippen LogP contribution in [-0.2, 0) is 14.3 Å². The molecule has 0 spiro atoms. The van der Waals surface area contributed by atoms with Gasteiger partial charge in [-0.2, -0.15) is 0 Å². The zero-order chi connectivity index (χ0) is 15.2. The lowest BCUT2D eigenvalue weighted by atomic mass is 10.2. The largest absolute Gasteiger partial charge is 0.459 e. The van der Waals surface area contributed by atoms with Gasteiger partial charge in [-0.3, -0.25) is 9.59 Å². The number of esters is 1. The summed E-state index contributed by atoms with van der Waals surface area (Å²) in [6.07, 6.45) is 0. The van der Waals surface area contributed by atoms with Crippen molar-refractivity contribution in [2.24, 2.45) is 0 Å². The highest BCUT2D eigenvalue weighted by atomic mass is 32.2. The molecule has 0 radical (unpaired) electrons. The van der Waals surface area contributed by atoms with Gasteiger partial charge in [-0.05, 0) is 39.0 Å². The van der Waals surface area contributed by atoms with Crippen LogP contribution in [0.2, 0.25) is 0 Å². The maximum atomic E-state index is 11.7. The fourth-order valence-electron chi connectivity index (χ4n) is 1.41. The number of anilines is 2. The van der Waals surface area contributed by atoms with E-state index in [1.54, 1.807) is 24.3 Å². The van der Waals surface area contributed by atoms with E-state index in [4.69, 9.17) is 10.5 Å². The van der Waals surface area contributed by atoms with Crippen LogP contribution in [0.4, 0.5) is 11.4 Å². The highest BCUT2D eigenvalue weighted by molar-refractivity contribution is 8.00. The third-order valence-corrected chi connectivity index (χ3v) is 2.95. The summed E-state index contributed by atoms with van der Waals surface area (Å²) in [5, 5.41) is 2.71. The Morgan fingerprint density at radius 3 is 2.60 bits per heavy atom. The molecule has 6 heteroatoms. The number of nitrogens with one attached hydrogen (secondary N) is 1. The molecule has 0 fully saturated rings. The second-order valence-electron chi connectivity index (χ2n) is 5.25. The molecule has 0 saturated carbocycles. The molecule has 0 saturated heterocycles. The number of carbonyl (C=O) groups excluding carboxylic acids is 2. The van der Waals surface area contributed by atoms with Crippen molar-refractivity contribution in [1.82, 2.24) is 0 Å². The number of nitrogens with two attached hydrogens (primary N) is 1. The number of rotatable bonds is 5. The molecule has 3 N–H and O–H groups in total. The highest BCUT2D eigenvalue weighted by Gasteiger charge is 2.16. The summed E-state index contributed by atoms with van der Waals surface area (Å²) in [5.74, 6) is -0.154. The van der Waals surface area contributed by atoms with Crippen molar-refractivity contribution in [3.8, 4) is 0 Å². The molecule has 1 aromatic rings. The van der Waals surface area contributed by atoms with Crippen molar-refractivity contribution in [3.05, 3.63) is 24.3 Å². The summed E-state index contributed by atoms with van der Waals surface area (Å²) in [5.41, 5.74) is 6.35. The van der Waals surface area contributed by atoms with Crippen LogP contribution in [0.3, 0.4) is 0 Å². The van der Waals surface area contributed by atoms with Gasteiger partial charge in [-0.25, -0.2) is 0 Å². The predicted octanol–water partition coefficient (Wildman–Crippen LogP) is 2.28. The average molecular weight is 296 g/mol. The van der Waals surface area contributed by atoms with Crippen molar-refractivity contribution in [1.29, 1.82) is 0 Å². The zero-order valence-corrected chi connectivity index (χ0v) is 12.8. The Morgan fingerprint density at radius 2 is 2.00 bits per heavy atom. The Hall–Kier alpha value is -1.69. The quantitative estimate of drug-likeness (QED) is 0.643. The van der Waals surface area contributed by atoms with Gasteiger partial charge in [-0.1, -0.05) is 6.07 Å². The van der Waals surface area contributed by atoms with Gasteiger partial charge in [0.2, 0.25) is 5.91 Å². The maximum absolute atomic E-state index is 11.7. The van der Waals surface area contributed by atoms with Gasteiger partial charge in [0.15, 0.2) is 0 Å². The molecular formula is C14H20N2O3S. The molecule has 0 aliphatic carbocycles. The number of hydrogen-bond donors (Lipinski definition) is 2. The van der Waals surface area contributed by atoms with Crippen molar-refractivity contribution >= 4 is 35.0 Å². The smallest absolute Gasteiger partial charge is 0.316 e. The van der Waals surface area contributed by atoms with E-state index in [0.29, 0.717) is 11.4 Å². The Bertz CT molecular complexity index is 484. The first-order chi connectivity index (χ1) is 9.26. The summed E-state index contributed by atoms with van der Waals surface area (Å²) in [6, 6.07) is 6.94. The van der Waals surface area contributed by atoms with Gasteiger partial charge < -0.3 is 15.8 Å². The van der Waals surface area contributed by atoms with Gasteiger partial charge in [-0.15, -0.1) is 11.8 Å². The summed E-state index contributed by atoms with van der Waals surface area (Å²) in [4.78, 5) is 23.1. The predicted molar refractivity (Wildman–Crippen MR) is 82.7 cm³/mol. The Labute approximate surface area is 123 Å². The second kappa shape index (κ2) is 7.19. The van der Waals surface area contributed by atoms with Gasteiger partial charge in [0.05, 0.1) is 11.5 Å². The summed E-state index contributed by atoms with van der Waals surface area (Å²) < 4.78 is 5.15. The van der Waals surface area contributed by atoms with E-state index in [2.05, 4.69) is 5.32 Å². The van der Waals surface area contributed by atoms with Crippen LogP contribution >= 0.6 is 11.8 Å². The van der Waals surface area contributed by atoms with Crippen LogP contribution < -0.4 is 11.1 Å². The lowest BCUT2D eigenvalue weighted by Gasteiger charge is -2.19. The standard InChI is InChI=1S/C14H20N2O3S/c1-14(2,3)19-13(18)9-20-8-12(17)16-11-6-4-5-10(15)7-11/h4-7H,8-9,15H2,1-3H3,(H,16,17). The molecule has 0 aromatic heterocycles. The first-order valence-electron chi connectivity index (χ1n) is 6.21. The molecule has 1 aromatic carbocycles.